The summed E-state index contributed by atoms with van der Waals surface area (Å²) >= 11 is 0. The van der Waals surface area contributed by atoms with Crippen molar-refractivity contribution in [3.63, 3.8) is 0 Å². The Morgan fingerprint density at radius 3 is 2.56 bits per heavy atom. The molecule has 4 rings (SSSR count). The van der Waals surface area contributed by atoms with Crippen LogP contribution in [0.2, 0.25) is 0 Å². The van der Waals surface area contributed by atoms with Crippen LogP contribution in [0.5, 0.6) is 11.5 Å². The lowest BCUT2D eigenvalue weighted by Gasteiger charge is -2.38. The standard InChI is InChI=1S/C21H24N2O4/c24-20(22-13-16-6-7-18-19(12-16)27-15-26-18)23-14-21(8-10-25-11-9-21)17-4-2-1-3-5-17/h1-7,12H,8-11,13-15H2,(H2,22,23,24). The summed E-state index contributed by atoms with van der Waals surface area (Å²) in [6.45, 7) is 2.71. The van der Waals surface area contributed by atoms with Gasteiger partial charge in [-0.3, -0.25) is 0 Å². The SMILES string of the molecule is O=C(NCc1ccc2c(c1)OCO2)NCC1(c2ccccc2)CCOCC1. The lowest BCUT2D eigenvalue weighted by molar-refractivity contribution is 0.0507. The Bertz CT molecular complexity index is 788. The molecule has 0 spiro atoms. The Morgan fingerprint density at radius 1 is 0.963 bits per heavy atom. The molecule has 27 heavy (non-hydrogen) atoms. The fourth-order valence-corrected chi connectivity index (χ4v) is 3.67. The molecule has 0 aliphatic carbocycles. The van der Waals surface area contributed by atoms with Gasteiger partial charge in [-0.05, 0) is 36.1 Å². The van der Waals surface area contributed by atoms with E-state index in [1.165, 1.54) is 5.56 Å². The molecule has 0 bridgehead atoms. The average Bonchev–Trinajstić information content (AvgIpc) is 3.20. The highest BCUT2D eigenvalue weighted by Crippen LogP contribution is 2.34. The topological polar surface area (TPSA) is 68.8 Å². The van der Waals surface area contributed by atoms with Gasteiger partial charge in [-0.1, -0.05) is 36.4 Å². The third-order valence-corrected chi connectivity index (χ3v) is 5.31. The van der Waals surface area contributed by atoms with E-state index in [1.54, 1.807) is 0 Å². The number of urea groups is 1. The molecule has 2 aromatic carbocycles. The number of hydrogen-bond acceptors (Lipinski definition) is 4. The van der Waals surface area contributed by atoms with Crippen LogP contribution in [0.3, 0.4) is 0 Å². The van der Waals surface area contributed by atoms with Gasteiger partial charge in [-0.15, -0.1) is 0 Å². The molecule has 2 aliphatic heterocycles. The number of fused-ring (bicyclic) bond motifs is 1. The van der Waals surface area contributed by atoms with Gasteiger partial charge in [0.1, 0.15) is 0 Å². The Morgan fingerprint density at radius 2 is 1.74 bits per heavy atom. The van der Waals surface area contributed by atoms with Crippen molar-refractivity contribution in [2.24, 2.45) is 0 Å². The number of hydrogen-bond donors (Lipinski definition) is 2. The van der Waals surface area contributed by atoms with E-state index in [2.05, 4.69) is 22.8 Å². The third kappa shape index (κ3) is 4.01. The van der Waals surface area contributed by atoms with Gasteiger partial charge in [0.25, 0.3) is 0 Å². The molecule has 1 fully saturated rings. The van der Waals surface area contributed by atoms with Crippen LogP contribution < -0.4 is 20.1 Å². The summed E-state index contributed by atoms with van der Waals surface area (Å²) in [4.78, 5) is 12.4. The van der Waals surface area contributed by atoms with Crippen LogP contribution in [0.15, 0.2) is 48.5 Å². The second kappa shape index (κ2) is 7.88. The first-order valence-corrected chi connectivity index (χ1v) is 9.29. The fourth-order valence-electron chi connectivity index (χ4n) is 3.67. The first kappa shape index (κ1) is 17.7. The monoisotopic (exact) mass is 368 g/mol. The highest BCUT2D eigenvalue weighted by atomic mass is 16.7. The number of carbonyl (C=O) groups excluding carboxylic acids is 1. The highest BCUT2D eigenvalue weighted by molar-refractivity contribution is 5.74. The molecule has 2 N–H and O–H groups in total. The summed E-state index contributed by atoms with van der Waals surface area (Å²) in [6.07, 6.45) is 1.80. The van der Waals surface area contributed by atoms with E-state index in [4.69, 9.17) is 14.2 Å². The van der Waals surface area contributed by atoms with E-state index in [0.29, 0.717) is 13.1 Å². The molecule has 2 aromatic rings. The molecule has 1 saturated heterocycles. The number of carbonyl (C=O) groups is 1. The molecule has 6 nitrogen and oxygen atoms in total. The summed E-state index contributed by atoms with van der Waals surface area (Å²) in [6, 6.07) is 15.9. The summed E-state index contributed by atoms with van der Waals surface area (Å²) in [5.41, 5.74) is 2.15. The molecule has 6 heteroatoms. The number of amides is 2. The van der Waals surface area contributed by atoms with E-state index in [1.807, 2.05) is 36.4 Å². The lowest BCUT2D eigenvalue weighted by atomic mass is 9.74. The maximum Gasteiger partial charge on any atom is 0.315 e. The minimum Gasteiger partial charge on any atom is -0.454 e. The largest absolute Gasteiger partial charge is 0.454 e. The van der Waals surface area contributed by atoms with E-state index in [-0.39, 0.29) is 18.2 Å². The van der Waals surface area contributed by atoms with E-state index in [9.17, 15) is 4.79 Å². The van der Waals surface area contributed by atoms with Crippen molar-refractivity contribution in [2.45, 2.75) is 24.8 Å². The fraction of sp³-hybridized carbons (Fsp3) is 0.381. The van der Waals surface area contributed by atoms with Crippen LogP contribution in [0.4, 0.5) is 4.79 Å². The second-order valence-electron chi connectivity index (χ2n) is 6.98. The zero-order valence-electron chi connectivity index (χ0n) is 15.2. The molecule has 142 valence electrons. The van der Waals surface area contributed by atoms with Crippen molar-refractivity contribution in [1.82, 2.24) is 10.6 Å². The number of benzene rings is 2. The van der Waals surface area contributed by atoms with Crippen LogP contribution in [0.25, 0.3) is 0 Å². The first-order valence-electron chi connectivity index (χ1n) is 9.29. The quantitative estimate of drug-likeness (QED) is 0.851. The molecule has 0 saturated carbocycles. The Hall–Kier alpha value is -2.73. The number of nitrogens with one attached hydrogen (secondary N) is 2. The van der Waals surface area contributed by atoms with Gasteiger partial charge in [-0.25, -0.2) is 4.79 Å². The summed E-state index contributed by atoms with van der Waals surface area (Å²) in [5, 5.41) is 5.97. The molecular formula is C21H24N2O4. The lowest BCUT2D eigenvalue weighted by Crippen LogP contribution is -2.47. The maximum atomic E-state index is 12.4. The molecular weight excluding hydrogens is 344 g/mol. The van der Waals surface area contributed by atoms with Gasteiger partial charge in [0, 0.05) is 31.7 Å². The molecule has 0 aromatic heterocycles. The predicted molar refractivity (Wildman–Crippen MR) is 101 cm³/mol. The van der Waals surface area contributed by atoms with Crippen molar-refractivity contribution in [1.29, 1.82) is 0 Å². The zero-order chi connectivity index (χ0) is 18.5. The van der Waals surface area contributed by atoms with Gasteiger partial charge in [-0.2, -0.15) is 0 Å². The molecule has 0 unspecified atom stereocenters. The van der Waals surface area contributed by atoms with Crippen molar-refractivity contribution in [3.05, 3.63) is 59.7 Å². The minimum absolute atomic E-state index is 0.0738. The van der Waals surface area contributed by atoms with Crippen molar-refractivity contribution in [3.8, 4) is 11.5 Å². The summed E-state index contributed by atoms with van der Waals surface area (Å²) < 4.78 is 16.2. The normalized spacial score (nSPS) is 17.3. The molecule has 2 amide bonds. The number of ether oxygens (including phenoxy) is 3. The zero-order valence-corrected chi connectivity index (χ0v) is 15.2. The van der Waals surface area contributed by atoms with Crippen molar-refractivity contribution in [2.75, 3.05) is 26.6 Å². The van der Waals surface area contributed by atoms with E-state index >= 15 is 0 Å². The van der Waals surface area contributed by atoms with Gasteiger partial charge >= 0.3 is 6.03 Å². The van der Waals surface area contributed by atoms with Crippen molar-refractivity contribution >= 4 is 6.03 Å². The van der Waals surface area contributed by atoms with E-state index in [0.717, 1.165) is 43.1 Å². The predicted octanol–water partition coefficient (Wildman–Crippen LogP) is 2.96. The van der Waals surface area contributed by atoms with Gasteiger partial charge in [0.15, 0.2) is 11.5 Å². The molecule has 2 aliphatic rings. The molecule has 0 radical (unpaired) electrons. The Kier molecular flexibility index (Phi) is 5.16. The van der Waals surface area contributed by atoms with Crippen LogP contribution in [0, 0.1) is 0 Å². The maximum absolute atomic E-state index is 12.4. The van der Waals surface area contributed by atoms with Gasteiger partial charge in [0.2, 0.25) is 6.79 Å². The average molecular weight is 368 g/mol. The number of rotatable bonds is 5. The second-order valence-corrected chi connectivity index (χ2v) is 6.98. The summed E-state index contributed by atoms with van der Waals surface area (Å²) in [5.74, 6) is 1.47. The minimum atomic E-state index is -0.172. The van der Waals surface area contributed by atoms with Gasteiger partial charge in [0.05, 0.1) is 0 Å². The van der Waals surface area contributed by atoms with Crippen LogP contribution >= 0.6 is 0 Å². The third-order valence-electron chi connectivity index (χ3n) is 5.31. The molecule has 2 heterocycles. The van der Waals surface area contributed by atoms with Crippen molar-refractivity contribution < 1.29 is 19.0 Å². The summed E-state index contributed by atoms with van der Waals surface area (Å²) in [7, 11) is 0. The first-order chi connectivity index (χ1) is 13.3. The Balaban J connectivity index is 1.34. The van der Waals surface area contributed by atoms with Crippen LogP contribution in [-0.4, -0.2) is 32.6 Å². The van der Waals surface area contributed by atoms with Gasteiger partial charge < -0.3 is 24.8 Å². The smallest absolute Gasteiger partial charge is 0.315 e. The highest BCUT2D eigenvalue weighted by Gasteiger charge is 2.34. The molecule has 0 atom stereocenters. The Labute approximate surface area is 158 Å². The van der Waals surface area contributed by atoms with Crippen LogP contribution in [0.1, 0.15) is 24.0 Å². The van der Waals surface area contributed by atoms with Crippen LogP contribution in [-0.2, 0) is 16.7 Å². The van der Waals surface area contributed by atoms with E-state index < -0.39 is 0 Å².